The summed E-state index contributed by atoms with van der Waals surface area (Å²) in [6.45, 7) is 11.2. The van der Waals surface area contributed by atoms with Crippen LogP contribution < -0.4 is 9.80 Å². The molecule has 0 atom stereocenters. The lowest BCUT2D eigenvalue weighted by atomic mass is 9.91. The van der Waals surface area contributed by atoms with Crippen molar-refractivity contribution in [2.45, 2.75) is 57.5 Å². The van der Waals surface area contributed by atoms with E-state index in [-0.39, 0.29) is 0 Å². The van der Waals surface area contributed by atoms with Crippen molar-refractivity contribution in [1.29, 1.82) is 0 Å². The van der Waals surface area contributed by atoms with E-state index in [9.17, 15) is 0 Å². The van der Waals surface area contributed by atoms with E-state index < -0.39 is 0 Å². The van der Waals surface area contributed by atoms with Gasteiger partial charge in [-0.05, 0) is 32.6 Å². The fraction of sp³-hybridized carbons (Fsp3) is 0.810. The summed E-state index contributed by atoms with van der Waals surface area (Å²) in [4.78, 5) is 19.9. The van der Waals surface area contributed by atoms with Crippen LogP contribution in [0.15, 0.2) is 6.07 Å². The normalized spacial score (nSPS) is 26.1. The van der Waals surface area contributed by atoms with Crippen LogP contribution in [0.2, 0.25) is 0 Å². The Balaban J connectivity index is 1.22. The van der Waals surface area contributed by atoms with E-state index in [4.69, 9.17) is 9.97 Å². The van der Waals surface area contributed by atoms with E-state index >= 15 is 0 Å². The molecular formula is C21H34N6. The van der Waals surface area contributed by atoms with Crippen LogP contribution in [0.25, 0.3) is 0 Å². The van der Waals surface area contributed by atoms with Crippen LogP contribution >= 0.6 is 0 Å². The molecule has 0 spiro atoms. The van der Waals surface area contributed by atoms with Crippen molar-refractivity contribution in [3.8, 4) is 0 Å². The molecular weight excluding hydrogens is 336 g/mol. The molecule has 0 unspecified atom stereocenters. The fourth-order valence-electron chi connectivity index (χ4n) is 5.00. The van der Waals surface area contributed by atoms with Crippen LogP contribution in [0.1, 0.15) is 44.3 Å². The van der Waals surface area contributed by atoms with Crippen molar-refractivity contribution in [3.05, 3.63) is 11.9 Å². The second-order valence-corrected chi connectivity index (χ2v) is 8.85. The number of aromatic nitrogens is 2. The van der Waals surface area contributed by atoms with Gasteiger partial charge in [-0.15, -0.1) is 0 Å². The van der Waals surface area contributed by atoms with Crippen molar-refractivity contribution < 1.29 is 0 Å². The van der Waals surface area contributed by atoms with E-state index in [1.54, 1.807) is 0 Å². The summed E-state index contributed by atoms with van der Waals surface area (Å²) in [5, 5.41) is 0. The molecule has 5 rings (SSSR count). The highest BCUT2D eigenvalue weighted by Crippen LogP contribution is 2.29. The molecule has 3 heterocycles. The lowest BCUT2D eigenvalue weighted by Crippen LogP contribution is -2.53. The maximum Gasteiger partial charge on any atom is 0.134 e. The Morgan fingerprint density at radius 1 is 0.667 bits per heavy atom. The Morgan fingerprint density at radius 3 is 1.41 bits per heavy atom. The van der Waals surface area contributed by atoms with Gasteiger partial charge in [-0.3, -0.25) is 9.80 Å². The van der Waals surface area contributed by atoms with Gasteiger partial charge in [0.2, 0.25) is 0 Å². The quantitative estimate of drug-likeness (QED) is 0.809. The highest BCUT2D eigenvalue weighted by molar-refractivity contribution is 5.51. The van der Waals surface area contributed by atoms with E-state index in [0.717, 1.165) is 55.7 Å². The van der Waals surface area contributed by atoms with Crippen LogP contribution in [0.4, 0.5) is 11.6 Å². The Labute approximate surface area is 163 Å². The van der Waals surface area contributed by atoms with E-state index in [0.29, 0.717) is 0 Å². The van der Waals surface area contributed by atoms with E-state index in [1.807, 2.05) is 6.92 Å². The minimum atomic E-state index is 0.863. The molecule has 2 saturated heterocycles. The molecule has 1 aromatic heterocycles. The van der Waals surface area contributed by atoms with Crippen LogP contribution in [0.3, 0.4) is 0 Å². The Hall–Kier alpha value is -1.40. The summed E-state index contributed by atoms with van der Waals surface area (Å²) < 4.78 is 0. The van der Waals surface area contributed by atoms with Gasteiger partial charge < -0.3 is 9.80 Å². The number of hydrogen-bond acceptors (Lipinski definition) is 6. The zero-order valence-electron chi connectivity index (χ0n) is 16.8. The van der Waals surface area contributed by atoms with Crippen molar-refractivity contribution in [1.82, 2.24) is 19.8 Å². The minimum Gasteiger partial charge on any atom is -0.354 e. The maximum atomic E-state index is 4.78. The number of rotatable bonds is 4. The standard InChI is InChI=1S/C21H34N6/c1-17-22-20(26-12-8-24(9-13-26)18-4-2-5-18)16-21(23-17)27-14-10-25(11-15-27)19-6-3-7-19/h16,18-19H,2-15H2,1H3. The molecule has 148 valence electrons. The molecule has 6 heteroatoms. The predicted octanol–water partition coefficient (Wildman–Crippen LogP) is 2.13. The summed E-state index contributed by atoms with van der Waals surface area (Å²) in [6, 6.07) is 3.97. The van der Waals surface area contributed by atoms with Gasteiger partial charge in [-0.1, -0.05) is 12.8 Å². The third kappa shape index (κ3) is 3.66. The number of piperazine rings is 2. The molecule has 27 heavy (non-hydrogen) atoms. The van der Waals surface area contributed by atoms with E-state index in [1.165, 1.54) is 64.7 Å². The largest absolute Gasteiger partial charge is 0.354 e. The van der Waals surface area contributed by atoms with Gasteiger partial charge in [0.25, 0.3) is 0 Å². The number of aryl methyl sites for hydroxylation is 1. The molecule has 1 aromatic rings. The molecule has 0 N–H and O–H groups in total. The lowest BCUT2D eigenvalue weighted by molar-refractivity contribution is 0.120. The Morgan fingerprint density at radius 2 is 1.07 bits per heavy atom. The molecule has 0 amide bonds. The third-order valence-corrected chi connectivity index (χ3v) is 7.27. The monoisotopic (exact) mass is 370 g/mol. The molecule has 4 aliphatic rings. The van der Waals surface area contributed by atoms with Gasteiger partial charge in [0, 0.05) is 70.5 Å². The molecule has 2 aliphatic heterocycles. The average Bonchev–Trinajstić information content (AvgIpc) is 2.60. The van der Waals surface area contributed by atoms with Crippen LogP contribution in [-0.2, 0) is 0 Å². The summed E-state index contributed by atoms with van der Waals surface area (Å²) in [5.74, 6) is 3.17. The first-order valence-corrected chi connectivity index (χ1v) is 11.1. The first kappa shape index (κ1) is 17.7. The predicted molar refractivity (Wildman–Crippen MR) is 110 cm³/mol. The van der Waals surface area contributed by atoms with Gasteiger partial charge >= 0.3 is 0 Å². The van der Waals surface area contributed by atoms with Crippen molar-refractivity contribution in [2.24, 2.45) is 0 Å². The number of anilines is 2. The van der Waals surface area contributed by atoms with Gasteiger partial charge in [0.05, 0.1) is 0 Å². The minimum absolute atomic E-state index is 0.863. The molecule has 4 fully saturated rings. The number of hydrogen-bond donors (Lipinski definition) is 0. The van der Waals surface area contributed by atoms with Gasteiger partial charge in [0.15, 0.2) is 0 Å². The molecule has 0 radical (unpaired) electrons. The van der Waals surface area contributed by atoms with E-state index in [2.05, 4.69) is 25.7 Å². The van der Waals surface area contributed by atoms with Crippen LogP contribution in [-0.4, -0.2) is 84.2 Å². The Bertz CT molecular complexity index is 588. The highest BCUT2D eigenvalue weighted by Gasteiger charge is 2.30. The fourth-order valence-corrected chi connectivity index (χ4v) is 5.00. The zero-order chi connectivity index (χ0) is 18.2. The zero-order valence-corrected chi connectivity index (χ0v) is 16.8. The van der Waals surface area contributed by atoms with Crippen LogP contribution in [0.5, 0.6) is 0 Å². The second kappa shape index (κ2) is 7.55. The van der Waals surface area contributed by atoms with Gasteiger partial charge in [0.1, 0.15) is 17.5 Å². The van der Waals surface area contributed by atoms with Gasteiger partial charge in [-0.2, -0.15) is 0 Å². The second-order valence-electron chi connectivity index (χ2n) is 8.85. The van der Waals surface area contributed by atoms with Crippen molar-refractivity contribution in [3.63, 3.8) is 0 Å². The SMILES string of the molecule is Cc1nc(N2CCN(C3CCC3)CC2)cc(N2CCN(C3CCC3)CC2)n1. The molecule has 2 aliphatic carbocycles. The summed E-state index contributed by atoms with van der Waals surface area (Å²) in [7, 11) is 0. The Kier molecular flexibility index (Phi) is 4.94. The van der Waals surface area contributed by atoms with Crippen LogP contribution in [0, 0.1) is 6.92 Å². The number of nitrogens with zero attached hydrogens (tertiary/aromatic N) is 6. The van der Waals surface area contributed by atoms with Gasteiger partial charge in [-0.25, -0.2) is 9.97 Å². The average molecular weight is 371 g/mol. The summed E-state index contributed by atoms with van der Waals surface area (Å²) >= 11 is 0. The maximum absolute atomic E-state index is 4.78. The third-order valence-electron chi connectivity index (χ3n) is 7.27. The topological polar surface area (TPSA) is 38.7 Å². The molecule has 0 aromatic carbocycles. The molecule has 0 bridgehead atoms. The molecule has 2 saturated carbocycles. The highest BCUT2D eigenvalue weighted by atomic mass is 15.3. The lowest BCUT2D eigenvalue weighted by Gasteiger charge is -2.44. The summed E-state index contributed by atoms with van der Waals surface area (Å²) in [6.07, 6.45) is 8.47. The summed E-state index contributed by atoms with van der Waals surface area (Å²) in [5.41, 5.74) is 0. The first-order valence-electron chi connectivity index (χ1n) is 11.1. The smallest absolute Gasteiger partial charge is 0.134 e. The van der Waals surface area contributed by atoms with Crippen molar-refractivity contribution >= 4 is 11.6 Å². The van der Waals surface area contributed by atoms with Crippen molar-refractivity contribution in [2.75, 3.05) is 62.2 Å². The first-order chi connectivity index (χ1) is 13.3. The molecule has 6 nitrogen and oxygen atoms in total.